The fourth-order valence-electron chi connectivity index (χ4n) is 4.69. The minimum absolute atomic E-state index is 0.000478. The van der Waals surface area contributed by atoms with E-state index in [0.717, 1.165) is 38.0 Å². The van der Waals surface area contributed by atoms with E-state index in [1.165, 1.54) is 6.07 Å². The lowest BCUT2D eigenvalue weighted by molar-refractivity contribution is -0.0212. The first-order valence-electron chi connectivity index (χ1n) is 12.1. The average molecular weight is 494 g/mol. The number of nitrogens with one attached hydrogen (secondary N) is 1. The van der Waals surface area contributed by atoms with Gasteiger partial charge in [0.05, 0.1) is 24.4 Å². The Morgan fingerprint density at radius 1 is 1.11 bits per heavy atom. The Hall–Kier alpha value is -3.50. The van der Waals surface area contributed by atoms with Crippen molar-refractivity contribution in [1.82, 2.24) is 29.4 Å². The number of imidazole rings is 1. The van der Waals surface area contributed by atoms with Gasteiger partial charge in [0.2, 0.25) is 5.95 Å². The van der Waals surface area contributed by atoms with Gasteiger partial charge in [-0.05, 0) is 51.5 Å². The molecule has 8 nitrogen and oxygen atoms in total. The van der Waals surface area contributed by atoms with Crippen molar-refractivity contribution in [2.45, 2.75) is 46.4 Å². The molecule has 0 bridgehead atoms. The Morgan fingerprint density at radius 2 is 1.94 bits per heavy atom. The van der Waals surface area contributed by atoms with Gasteiger partial charge in [0.25, 0.3) is 0 Å². The van der Waals surface area contributed by atoms with Gasteiger partial charge in [0.15, 0.2) is 11.6 Å². The molecule has 1 aliphatic rings. The second-order valence-corrected chi connectivity index (χ2v) is 9.43. The molecule has 10 heteroatoms. The first-order chi connectivity index (χ1) is 17.3. The van der Waals surface area contributed by atoms with Crippen LogP contribution in [-0.4, -0.2) is 55.2 Å². The van der Waals surface area contributed by atoms with E-state index in [0.29, 0.717) is 22.7 Å². The number of hydrogen-bond acceptors (Lipinski definition) is 7. The zero-order chi connectivity index (χ0) is 25.4. The first kappa shape index (κ1) is 24.2. The van der Waals surface area contributed by atoms with Gasteiger partial charge < -0.3 is 14.6 Å². The highest BCUT2D eigenvalue weighted by molar-refractivity contribution is 5.83. The maximum Gasteiger partial charge on any atom is 0.229 e. The van der Waals surface area contributed by atoms with Gasteiger partial charge >= 0.3 is 0 Å². The molecule has 36 heavy (non-hydrogen) atoms. The van der Waals surface area contributed by atoms with E-state index < -0.39 is 11.6 Å². The van der Waals surface area contributed by atoms with Crippen molar-refractivity contribution in [2.75, 3.05) is 25.0 Å². The summed E-state index contributed by atoms with van der Waals surface area (Å²) in [6.45, 7) is 11.2. The monoisotopic (exact) mass is 493 g/mol. The lowest BCUT2D eigenvalue weighted by atomic mass is 10.1. The molecule has 5 rings (SSSR count). The second-order valence-electron chi connectivity index (χ2n) is 9.43. The second kappa shape index (κ2) is 9.87. The third-order valence-electron chi connectivity index (χ3n) is 6.25. The molecule has 1 aromatic carbocycles. The number of ether oxygens (including phenoxy) is 1. The van der Waals surface area contributed by atoms with Crippen molar-refractivity contribution in [3.8, 4) is 11.3 Å². The van der Waals surface area contributed by atoms with Gasteiger partial charge in [-0.15, -0.1) is 0 Å². The summed E-state index contributed by atoms with van der Waals surface area (Å²) >= 11 is 0. The van der Waals surface area contributed by atoms with Crippen LogP contribution in [0.4, 0.5) is 20.5 Å². The third kappa shape index (κ3) is 4.91. The number of pyridine rings is 1. The van der Waals surface area contributed by atoms with Crippen LogP contribution in [0.15, 0.2) is 36.7 Å². The summed E-state index contributed by atoms with van der Waals surface area (Å²) in [6.07, 6.45) is 3.10. The summed E-state index contributed by atoms with van der Waals surface area (Å²) in [7, 11) is 0. The fourth-order valence-corrected chi connectivity index (χ4v) is 4.69. The van der Waals surface area contributed by atoms with Gasteiger partial charge in [0.1, 0.15) is 22.9 Å². The summed E-state index contributed by atoms with van der Waals surface area (Å²) < 4.78 is 37.2. The molecular formula is C26H29F2N7O. The van der Waals surface area contributed by atoms with E-state index in [2.05, 4.69) is 37.1 Å². The van der Waals surface area contributed by atoms with Crippen molar-refractivity contribution >= 4 is 22.8 Å². The van der Waals surface area contributed by atoms with Crippen LogP contribution in [0.25, 0.3) is 22.3 Å². The van der Waals surface area contributed by atoms with Crippen LogP contribution in [0.3, 0.4) is 0 Å². The van der Waals surface area contributed by atoms with Crippen LogP contribution in [0.5, 0.6) is 0 Å². The molecule has 1 aliphatic heterocycles. The Labute approximate surface area is 208 Å². The fraction of sp³-hybridized carbons (Fsp3) is 0.385. The summed E-state index contributed by atoms with van der Waals surface area (Å²) in [5.41, 5.74) is 2.25. The smallest absolute Gasteiger partial charge is 0.229 e. The van der Waals surface area contributed by atoms with Gasteiger partial charge in [-0.3, -0.25) is 4.90 Å². The molecule has 0 radical (unpaired) electrons. The summed E-state index contributed by atoms with van der Waals surface area (Å²) in [5, 5.41) is 3.02. The predicted octanol–water partition coefficient (Wildman–Crippen LogP) is 5.02. The molecule has 1 atom stereocenters. The zero-order valence-electron chi connectivity index (χ0n) is 20.8. The number of nitrogens with zero attached hydrogens (tertiary/aromatic N) is 6. The lowest BCUT2D eigenvalue weighted by Gasteiger charge is -2.30. The molecule has 0 amide bonds. The number of halogens is 2. The minimum atomic E-state index is -0.644. The van der Waals surface area contributed by atoms with E-state index in [9.17, 15) is 8.78 Å². The average Bonchev–Trinajstić information content (AvgIpc) is 3.18. The Kier molecular flexibility index (Phi) is 6.63. The molecule has 4 heterocycles. The number of anilines is 2. The van der Waals surface area contributed by atoms with E-state index in [-0.39, 0.29) is 29.3 Å². The summed E-state index contributed by atoms with van der Waals surface area (Å²) in [6, 6.07) is 6.86. The van der Waals surface area contributed by atoms with Crippen LogP contribution in [0.1, 0.15) is 38.2 Å². The number of fused-ring (bicyclic) bond motifs is 1. The number of morpholine rings is 1. The maximum absolute atomic E-state index is 14.9. The van der Waals surface area contributed by atoms with E-state index >= 15 is 0 Å². The Bertz CT molecular complexity index is 1390. The molecule has 3 aromatic heterocycles. The standard InChI is InChI=1S/C26H29F2N7O/c1-15(2)35-17(4)31-25-20(27)9-19(10-22(25)35)24-21(28)12-30-26(33-24)32-23-6-5-18(11-29-23)14-34-7-8-36-16(3)13-34/h5-6,9-12,15-16H,7-8,13-14H2,1-4H3,(H,29,30,32,33). The highest BCUT2D eigenvalue weighted by Gasteiger charge is 2.19. The van der Waals surface area contributed by atoms with E-state index in [1.807, 2.05) is 37.5 Å². The van der Waals surface area contributed by atoms with Crippen LogP contribution in [0.2, 0.25) is 0 Å². The highest BCUT2D eigenvalue weighted by atomic mass is 19.1. The van der Waals surface area contributed by atoms with Gasteiger partial charge in [-0.25, -0.2) is 28.7 Å². The molecule has 1 N–H and O–H groups in total. The molecule has 188 valence electrons. The number of hydrogen-bond donors (Lipinski definition) is 1. The molecule has 0 spiro atoms. The number of aromatic nitrogens is 5. The molecule has 0 saturated carbocycles. The molecule has 0 aliphatic carbocycles. The topological polar surface area (TPSA) is 81.0 Å². The quantitative estimate of drug-likeness (QED) is 0.404. The van der Waals surface area contributed by atoms with Crippen LogP contribution in [0, 0.1) is 18.6 Å². The van der Waals surface area contributed by atoms with E-state index in [1.54, 1.807) is 12.3 Å². The molecule has 1 fully saturated rings. The number of benzene rings is 1. The van der Waals surface area contributed by atoms with Crippen LogP contribution >= 0.6 is 0 Å². The molecule has 1 unspecified atom stereocenters. The van der Waals surface area contributed by atoms with Gasteiger partial charge in [-0.2, -0.15) is 0 Å². The van der Waals surface area contributed by atoms with Gasteiger partial charge in [-0.1, -0.05) is 6.07 Å². The molecule has 1 saturated heterocycles. The van der Waals surface area contributed by atoms with Crippen LogP contribution < -0.4 is 5.32 Å². The van der Waals surface area contributed by atoms with Gasteiger partial charge in [0, 0.05) is 37.4 Å². The normalized spacial score (nSPS) is 16.7. The first-order valence-corrected chi connectivity index (χ1v) is 12.1. The SMILES string of the molecule is Cc1nc2c(F)cc(-c3nc(Nc4ccc(CN5CCOC(C)C5)cn4)ncc3F)cc2n1C(C)C. The van der Waals surface area contributed by atoms with E-state index in [4.69, 9.17) is 4.74 Å². The summed E-state index contributed by atoms with van der Waals surface area (Å²) in [4.78, 5) is 19.5. The minimum Gasteiger partial charge on any atom is -0.376 e. The zero-order valence-corrected chi connectivity index (χ0v) is 20.8. The number of rotatable bonds is 6. The van der Waals surface area contributed by atoms with Crippen molar-refractivity contribution in [2.24, 2.45) is 0 Å². The molecule has 4 aromatic rings. The largest absolute Gasteiger partial charge is 0.376 e. The third-order valence-corrected chi connectivity index (χ3v) is 6.25. The van der Waals surface area contributed by atoms with Crippen molar-refractivity contribution < 1.29 is 13.5 Å². The highest BCUT2D eigenvalue weighted by Crippen LogP contribution is 2.30. The van der Waals surface area contributed by atoms with Crippen molar-refractivity contribution in [1.29, 1.82) is 0 Å². The summed E-state index contributed by atoms with van der Waals surface area (Å²) in [5.74, 6) is 0.225. The Morgan fingerprint density at radius 3 is 2.67 bits per heavy atom. The van der Waals surface area contributed by atoms with Crippen LogP contribution in [-0.2, 0) is 11.3 Å². The lowest BCUT2D eigenvalue weighted by Crippen LogP contribution is -2.40. The number of aryl methyl sites for hydroxylation is 1. The predicted molar refractivity (Wildman–Crippen MR) is 134 cm³/mol. The maximum atomic E-state index is 14.9. The Balaban J connectivity index is 1.38. The van der Waals surface area contributed by atoms with Crippen molar-refractivity contribution in [3.05, 3.63) is 59.7 Å². The molecular weight excluding hydrogens is 464 g/mol. The van der Waals surface area contributed by atoms with Crippen molar-refractivity contribution in [3.63, 3.8) is 0 Å².